The highest BCUT2D eigenvalue weighted by molar-refractivity contribution is 5.92. The van der Waals surface area contributed by atoms with Gasteiger partial charge in [-0.2, -0.15) is 5.10 Å². The number of hydrogen-bond donors (Lipinski definition) is 3. The Kier molecular flexibility index (Phi) is 6.63. The number of nitrogens with one attached hydrogen (secondary N) is 1. The van der Waals surface area contributed by atoms with Crippen molar-refractivity contribution in [2.75, 3.05) is 5.01 Å². The van der Waals surface area contributed by atoms with Crippen LogP contribution in [0.25, 0.3) is 10.9 Å². The van der Waals surface area contributed by atoms with E-state index in [1.54, 1.807) is 34.9 Å². The molecule has 1 amide bonds. The van der Waals surface area contributed by atoms with Crippen LogP contribution in [0.4, 0.5) is 15.9 Å². The molecule has 160 valence electrons. The van der Waals surface area contributed by atoms with Crippen LogP contribution in [-0.4, -0.2) is 32.8 Å². The number of halogens is 1. The molecule has 0 radical (unpaired) electrons. The maximum atomic E-state index is 15.5. The van der Waals surface area contributed by atoms with E-state index in [1.807, 2.05) is 13.0 Å². The van der Waals surface area contributed by atoms with Gasteiger partial charge in [-0.25, -0.2) is 14.8 Å². The average molecular weight is 414 g/mol. The molecule has 0 aliphatic carbocycles. The summed E-state index contributed by atoms with van der Waals surface area (Å²) in [5.74, 6) is -0.575. The number of aryl methyl sites for hydroxylation is 1. The third-order valence-corrected chi connectivity index (χ3v) is 5.23. The number of carbonyl (C=O) groups is 1. The van der Waals surface area contributed by atoms with Crippen molar-refractivity contribution in [2.45, 2.75) is 45.2 Å². The fourth-order valence-corrected chi connectivity index (χ4v) is 3.41. The molecule has 9 heteroatoms. The van der Waals surface area contributed by atoms with Crippen LogP contribution >= 0.6 is 0 Å². The number of anilines is 2. The lowest BCUT2D eigenvalue weighted by Gasteiger charge is -2.33. The minimum absolute atomic E-state index is 0.0957. The van der Waals surface area contributed by atoms with Gasteiger partial charge in [0.1, 0.15) is 5.82 Å². The summed E-state index contributed by atoms with van der Waals surface area (Å²) in [7, 11) is 1.76. The van der Waals surface area contributed by atoms with Gasteiger partial charge in [0.15, 0.2) is 5.82 Å². The second-order valence-electron chi connectivity index (χ2n) is 7.30. The van der Waals surface area contributed by atoms with Gasteiger partial charge in [-0.15, -0.1) is 0 Å². The number of pyridine rings is 1. The smallest absolute Gasteiger partial charge is 0.250 e. The van der Waals surface area contributed by atoms with Gasteiger partial charge in [0, 0.05) is 25.3 Å². The summed E-state index contributed by atoms with van der Waals surface area (Å²) in [5.41, 5.74) is 16.3. The highest BCUT2D eigenvalue weighted by Gasteiger charge is 2.24. The van der Waals surface area contributed by atoms with E-state index in [9.17, 15) is 4.79 Å². The molecule has 30 heavy (non-hydrogen) atoms. The van der Waals surface area contributed by atoms with E-state index in [-0.39, 0.29) is 17.6 Å². The van der Waals surface area contributed by atoms with Gasteiger partial charge in [0.25, 0.3) is 0 Å². The third-order valence-electron chi connectivity index (χ3n) is 5.23. The molecule has 1 aromatic carbocycles. The summed E-state index contributed by atoms with van der Waals surface area (Å²) in [6.07, 6.45) is 5.36. The summed E-state index contributed by atoms with van der Waals surface area (Å²) < 4.78 is 17.1. The molecule has 0 spiro atoms. The van der Waals surface area contributed by atoms with Crippen LogP contribution in [0.3, 0.4) is 0 Å². The second-order valence-corrected chi connectivity index (χ2v) is 7.30. The number of carbonyl (C=O) groups excluding carboxylic acids is 1. The summed E-state index contributed by atoms with van der Waals surface area (Å²) in [4.78, 5) is 15.7. The molecule has 2 atom stereocenters. The molecule has 3 aromatic rings. The number of amides is 1. The van der Waals surface area contributed by atoms with Crippen molar-refractivity contribution in [3.63, 3.8) is 0 Å². The van der Waals surface area contributed by atoms with E-state index in [2.05, 4.69) is 22.4 Å². The number of primary amides is 1. The van der Waals surface area contributed by atoms with Crippen molar-refractivity contribution in [1.29, 1.82) is 0 Å². The summed E-state index contributed by atoms with van der Waals surface area (Å²) in [5, 5.41) is 6.13. The summed E-state index contributed by atoms with van der Waals surface area (Å²) >= 11 is 0. The molecule has 2 heterocycles. The SMILES string of the molecule is CCC[C@@H](NN(c1ccc(C(N)=O)cn1)c1ccc2c(cnn2C)c1F)[C@@H](N)CC. The van der Waals surface area contributed by atoms with E-state index >= 15 is 4.39 Å². The molecule has 0 aliphatic heterocycles. The molecule has 0 bridgehead atoms. The molecule has 0 unspecified atom stereocenters. The van der Waals surface area contributed by atoms with Crippen molar-refractivity contribution >= 4 is 28.3 Å². The number of hydrazine groups is 1. The number of aromatic nitrogens is 3. The lowest BCUT2D eigenvalue weighted by atomic mass is 10.0. The van der Waals surface area contributed by atoms with Crippen LogP contribution in [0, 0.1) is 5.82 Å². The molecule has 8 nitrogen and oxygen atoms in total. The van der Waals surface area contributed by atoms with E-state index in [4.69, 9.17) is 11.5 Å². The van der Waals surface area contributed by atoms with Crippen molar-refractivity contribution in [3.05, 3.63) is 48.0 Å². The van der Waals surface area contributed by atoms with Gasteiger partial charge in [0.2, 0.25) is 5.91 Å². The fourth-order valence-electron chi connectivity index (χ4n) is 3.41. The average Bonchev–Trinajstić information content (AvgIpc) is 3.13. The fraction of sp³-hybridized carbons (Fsp3) is 0.381. The number of nitrogens with zero attached hydrogens (tertiary/aromatic N) is 4. The predicted molar refractivity (Wildman–Crippen MR) is 116 cm³/mol. The molecule has 2 aromatic heterocycles. The van der Waals surface area contributed by atoms with Gasteiger partial charge in [-0.05, 0) is 37.1 Å². The van der Waals surface area contributed by atoms with Crippen molar-refractivity contribution in [2.24, 2.45) is 18.5 Å². The number of fused-ring (bicyclic) bond motifs is 1. The Hall–Kier alpha value is -3.04. The Balaban J connectivity index is 2.09. The molecular formula is C21H28FN7O. The maximum Gasteiger partial charge on any atom is 0.250 e. The minimum atomic E-state index is -0.576. The predicted octanol–water partition coefficient (Wildman–Crippen LogP) is 2.76. The molecule has 3 rings (SSSR count). The summed E-state index contributed by atoms with van der Waals surface area (Å²) in [6.45, 7) is 4.09. The van der Waals surface area contributed by atoms with Crippen molar-refractivity contribution < 1.29 is 9.18 Å². The largest absolute Gasteiger partial charge is 0.366 e. The number of rotatable bonds is 9. The Morgan fingerprint density at radius 3 is 2.63 bits per heavy atom. The zero-order valence-corrected chi connectivity index (χ0v) is 17.5. The quantitative estimate of drug-likeness (QED) is 0.465. The topological polar surface area (TPSA) is 115 Å². The van der Waals surface area contributed by atoms with Crippen molar-refractivity contribution in [1.82, 2.24) is 20.2 Å². The lowest BCUT2D eigenvalue weighted by Crippen LogP contribution is -2.51. The Morgan fingerprint density at radius 1 is 1.27 bits per heavy atom. The number of nitrogens with two attached hydrogens (primary N) is 2. The van der Waals surface area contributed by atoms with E-state index < -0.39 is 11.7 Å². The Bertz CT molecular complexity index is 1020. The molecule has 0 aliphatic rings. The standard InChI is InChI=1S/C21H28FN7O/c1-4-6-16(15(23)5-2)27-29(19-10-7-13(11-25-19)21(24)30)18-9-8-17-14(20(18)22)12-26-28(17)3/h7-12,15-16,27H,4-6,23H2,1-3H3,(H2,24,30)/t15-,16+/m0/s1. The van der Waals surface area contributed by atoms with Gasteiger partial charge in [-0.1, -0.05) is 20.3 Å². The Labute approximate surface area is 175 Å². The van der Waals surface area contributed by atoms with Gasteiger partial charge in [0.05, 0.1) is 28.4 Å². The maximum absolute atomic E-state index is 15.5. The van der Waals surface area contributed by atoms with Gasteiger partial charge in [-0.3, -0.25) is 14.5 Å². The first kappa shape index (κ1) is 21.7. The minimum Gasteiger partial charge on any atom is -0.366 e. The van der Waals surface area contributed by atoms with Crippen LogP contribution in [0.1, 0.15) is 43.5 Å². The second kappa shape index (κ2) is 9.19. The van der Waals surface area contributed by atoms with Gasteiger partial charge >= 0.3 is 0 Å². The number of benzene rings is 1. The van der Waals surface area contributed by atoms with E-state index in [0.29, 0.717) is 22.4 Å². The highest BCUT2D eigenvalue weighted by atomic mass is 19.1. The van der Waals surface area contributed by atoms with Crippen LogP contribution in [0.2, 0.25) is 0 Å². The molecule has 0 saturated carbocycles. The third kappa shape index (κ3) is 4.27. The first-order valence-corrected chi connectivity index (χ1v) is 10.0. The summed E-state index contributed by atoms with van der Waals surface area (Å²) in [6, 6.07) is 6.46. The van der Waals surface area contributed by atoms with Crippen LogP contribution in [-0.2, 0) is 7.05 Å². The lowest BCUT2D eigenvalue weighted by molar-refractivity contribution is 0.1000. The van der Waals surface area contributed by atoms with E-state index in [0.717, 1.165) is 19.3 Å². The highest BCUT2D eigenvalue weighted by Crippen LogP contribution is 2.30. The molecule has 5 N–H and O–H groups in total. The normalized spacial score (nSPS) is 13.4. The molecule has 0 fully saturated rings. The first-order chi connectivity index (χ1) is 14.4. The van der Waals surface area contributed by atoms with Crippen LogP contribution in [0.15, 0.2) is 36.7 Å². The zero-order chi connectivity index (χ0) is 21.8. The first-order valence-electron chi connectivity index (χ1n) is 10.0. The van der Waals surface area contributed by atoms with Crippen molar-refractivity contribution in [3.8, 4) is 0 Å². The molecular weight excluding hydrogens is 385 g/mol. The Morgan fingerprint density at radius 2 is 2.03 bits per heavy atom. The zero-order valence-electron chi connectivity index (χ0n) is 17.5. The monoisotopic (exact) mass is 413 g/mol. The molecule has 0 saturated heterocycles. The van der Waals surface area contributed by atoms with Crippen LogP contribution in [0.5, 0.6) is 0 Å². The number of hydrogen-bond acceptors (Lipinski definition) is 6. The van der Waals surface area contributed by atoms with E-state index in [1.165, 1.54) is 12.4 Å². The van der Waals surface area contributed by atoms with Crippen LogP contribution < -0.4 is 21.9 Å². The van der Waals surface area contributed by atoms with Gasteiger partial charge < -0.3 is 11.5 Å².